The van der Waals surface area contributed by atoms with Crippen molar-refractivity contribution in [2.75, 3.05) is 5.75 Å². The first-order valence-corrected chi connectivity index (χ1v) is 10.8. The van der Waals surface area contributed by atoms with Crippen molar-refractivity contribution in [2.45, 2.75) is 36.9 Å². The van der Waals surface area contributed by atoms with Gasteiger partial charge in [-0.25, -0.2) is 0 Å². The molecule has 4 rings (SSSR count). The monoisotopic (exact) mass is 412 g/mol. The van der Waals surface area contributed by atoms with E-state index in [0.29, 0.717) is 23.3 Å². The highest BCUT2D eigenvalue weighted by molar-refractivity contribution is 7.99. The molecule has 1 aliphatic rings. The van der Waals surface area contributed by atoms with Crippen molar-refractivity contribution in [1.29, 1.82) is 0 Å². The molecule has 144 valence electrons. The zero-order valence-corrected chi connectivity index (χ0v) is 16.9. The Bertz CT molecular complexity index is 956. The molecule has 1 heterocycles. The van der Waals surface area contributed by atoms with Crippen LogP contribution in [0.15, 0.2) is 59.8 Å². The average Bonchev–Trinajstić information content (AvgIpc) is 3.42. The third-order valence-electron chi connectivity index (χ3n) is 4.48. The van der Waals surface area contributed by atoms with Gasteiger partial charge in [-0.2, -0.15) is 0 Å². The number of benzene rings is 2. The Kier molecular flexibility index (Phi) is 5.98. The number of amides is 1. The second-order valence-electron chi connectivity index (χ2n) is 6.75. The summed E-state index contributed by atoms with van der Waals surface area (Å²) in [6.45, 7) is 0. The molecule has 5 nitrogen and oxygen atoms in total. The Morgan fingerprint density at radius 3 is 2.61 bits per heavy atom. The molecule has 0 unspecified atom stereocenters. The molecule has 2 aromatic carbocycles. The Morgan fingerprint density at radius 2 is 1.86 bits per heavy atom. The van der Waals surface area contributed by atoms with Crippen molar-refractivity contribution in [3.05, 3.63) is 59.6 Å². The van der Waals surface area contributed by atoms with Crippen LogP contribution in [0.2, 0.25) is 5.02 Å². The van der Waals surface area contributed by atoms with Gasteiger partial charge in [0.1, 0.15) is 0 Å². The summed E-state index contributed by atoms with van der Waals surface area (Å²) in [6.07, 6.45) is 3.57. The molecule has 7 heteroatoms. The number of rotatable bonds is 8. The maximum absolute atomic E-state index is 11.9. The second-order valence-corrected chi connectivity index (χ2v) is 8.22. The van der Waals surface area contributed by atoms with E-state index in [-0.39, 0.29) is 5.91 Å². The number of thioether (sulfide) groups is 1. The first kappa shape index (κ1) is 19.0. The fourth-order valence-corrected chi connectivity index (χ4v) is 4.02. The van der Waals surface area contributed by atoms with E-state index < -0.39 is 0 Å². The predicted molar refractivity (Wildman–Crippen MR) is 113 cm³/mol. The van der Waals surface area contributed by atoms with Gasteiger partial charge in [-0.05, 0) is 43.5 Å². The molecule has 1 fully saturated rings. The van der Waals surface area contributed by atoms with Crippen molar-refractivity contribution in [3.8, 4) is 17.1 Å². The highest BCUT2D eigenvalue weighted by atomic mass is 35.5. The third kappa shape index (κ3) is 4.56. The summed E-state index contributed by atoms with van der Waals surface area (Å²) in [5, 5.41) is 13.3. The van der Waals surface area contributed by atoms with Gasteiger partial charge in [-0.15, -0.1) is 10.2 Å². The summed E-state index contributed by atoms with van der Waals surface area (Å²) < 4.78 is 2.02. The molecule has 0 atom stereocenters. The van der Waals surface area contributed by atoms with E-state index in [1.807, 2.05) is 59.2 Å². The molecule has 1 saturated carbocycles. The summed E-state index contributed by atoms with van der Waals surface area (Å²) in [5.74, 6) is 1.65. The lowest BCUT2D eigenvalue weighted by Gasteiger charge is -2.11. The molecule has 28 heavy (non-hydrogen) atoms. The van der Waals surface area contributed by atoms with Gasteiger partial charge >= 0.3 is 0 Å². The van der Waals surface area contributed by atoms with Crippen LogP contribution in [0.1, 0.15) is 25.7 Å². The minimum atomic E-state index is 0.143. The molecule has 0 aliphatic heterocycles. The van der Waals surface area contributed by atoms with Gasteiger partial charge in [0, 0.05) is 29.5 Å². The molecule has 1 N–H and O–H groups in total. The van der Waals surface area contributed by atoms with E-state index in [4.69, 9.17) is 11.6 Å². The molecular weight excluding hydrogens is 392 g/mol. The van der Waals surface area contributed by atoms with Crippen molar-refractivity contribution < 1.29 is 4.79 Å². The molecule has 0 bridgehead atoms. The van der Waals surface area contributed by atoms with E-state index in [1.165, 1.54) is 0 Å². The Hall–Kier alpha value is -2.31. The summed E-state index contributed by atoms with van der Waals surface area (Å²) >= 11 is 8.01. The normalized spacial score (nSPS) is 13.5. The number of nitrogens with zero attached hydrogens (tertiary/aromatic N) is 3. The van der Waals surface area contributed by atoms with Crippen LogP contribution in [0.4, 0.5) is 0 Å². The van der Waals surface area contributed by atoms with Crippen LogP contribution in [0.5, 0.6) is 0 Å². The molecule has 0 spiro atoms. The van der Waals surface area contributed by atoms with Crippen molar-refractivity contribution >= 4 is 29.3 Å². The standard InChI is InChI=1S/C21H21ClN4OS/c22-18-10-5-4-9-17(18)20-24-25-21(26(20)16-7-2-1-3-8-16)28-14-6-11-19(27)23-15-12-13-15/h1-5,7-10,15H,6,11-14H2,(H,23,27). The molecule has 1 amide bonds. The lowest BCUT2D eigenvalue weighted by molar-refractivity contribution is -0.121. The van der Waals surface area contributed by atoms with E-state index in [1.54, 1.807) is 11.8 Å². The van der Waals surface area contributed by atoms with E-state index in [0.717, 1.165) is 41.4 Å². The molecule has 0 saturated heterocycles. The maximum atomic E-state index is 11.9. The van der Waals surface area contributed by atoms with Gasteiger partial charge in [-0.3, -0.25) is 9.36 Å². The van der Waals surface area contributed by atoms with Crippen molar-refractivity contribution in [1.82, 2.24) is 20.1 Å². The lowest BCUT2D eigenvalue weighted by Crippen LogP contribution is -2.25. The van der Waals surface area contributed by atoms with Gasteiger partial charge in [0.2, 0.25) is 5.91 Å². The Balaban J connectivity index is 1.52. The number of aromatic nitrogens is 3. The molecule has 1 aliphatic carbocycles. The third-order valence-corrected chi connectivity index (χ3v) is 5.83. The SMILES string of the molecule is O=C(CCCSc1nnc(-c2ccccc2Cl)n1-c1ccccc1)NC1CC1. The van der Waals surface area contributed by atoms with E-state index >= 15 is 0 Å². The van der Waals surface area contributed by atoms with Crippen LogP contribution in [0.3, 0.4) is 0 Å². The number of halogens is 1. The first-order chi connectivity index (χ1) is 13.7. The lowest BCUT2D eigenvalue weighted by atomic mass is 10.2. The van der Waals surface area contributed by atoms with Crippen LogP contribution in [-0.2, 0) is 4.79 Å². The van der Waals surface area contributed by atoms with Gasteiger partial charge in [0.25, 0.3) is 0 Å². The quantitative estimate of drug-likeness (QED) is 0.429. The topological polar surface area (TPSA) is 59.8 Å². The fourth-order valence-electron chi connectivity index (χ4n) is 2.91. The van der Waals surface area contributed by atoms with Gasteiger partial charge < -0.3 is 5.32 Å². The van der Waals surface area contributed by atoms with Gasteiger partial charge in [0.05, 0.1) is 5.02 Å². The average molecular weight is 413 g/mol. The van der Waals surface area contributed by atoms with Gasteiger partial charge in [-0.1, -0.05) is 53.7 Å². The molecule has 1 aromatic heterocycles. The number of para-hydroxylation sites is 1. The first-order valence-electron chi connectivity index (χ1n) is 9.40. The van der Waals surface area contributed by atoms with Gasteiger partial charge in [0.15, 0.2) is 11.0 Å². The van der Waals surface area contributed by atoms with Crippen LogP contribution in [-0.4, -0.2) is 32.5 Å². The number of carbonyl (C=O) groups is 1. The fraction of sp³-hybridized carbons (Fsp3) is 0.286. The maximum Gasteiger partial charge on any atom is 0.220 e. The van der Waals surface area contributed by atoms with Crippen molar-refractivity contribution in [3.63, 3.8) is 0 Å². The zero-order chi connectivity index (χ0) is 19.3. The Labute approximate surface area is 173 Å². The van der Waals surface area contributed by atoms with Crippen molar-refractivity contribution in [2.24, 2.45) is 0 Å². The minimum Gasteiger partial charge on any atom is -0.353 e. The zero-order valence-electron chi connectivity index (χ0n) is 15.3. The highest BCUT2D eigenvalue weighted by Gasteiger charge is 2.23. The van der Waals surface area contributed by atoms with Crippen LogP contribution in [0, 0.1) is 0 Å². The summed E-state index contributed by atoms with van der Waals surface area (Å²) in [6, 6.07) is 18.1. The van der Waals surface area contributed by atoms with Crippen LogP contribution in [0.25, 0.3) is 17.1 Å². The van der Waals surface area contributed by atoms with E-state index in [9.17, 15) is 4.79 Å². The largest absolute Gasteiger partial charge is 0.353 e. The summed E-state index contributed by atoms with van der Waals surface area (Å²) in [4.78, 5) is 11.9. The summed E-state index contributed by atoms with van der Waals surface area (Å²) in [5.41, 5.74) is 1.83. The number of carbonyl (C=O) groups excluding carboxylic acids is 1. The number of hydrogen-bond acceptors (Lipinski definition) is 4. The molecule has 3 aromatic rings. The van der Waals surface area contributed by atoms with E-state index in [2.05, 4.69) is 15.5 Å². The highest BCUT2D eigenvalue weighted by Crippen LogP contribution is 2.32. The Morgan fingerprint density at radius 1 is 1.11 bits per heavy atom. The molecular formula is C21H21ClN4OS. The van der Waals surface area contributed by atoms with Crippen LogP contribution >= 0.6 is 23.4 Å². The molecule has 0 radical (unpaired) electrons. The number of nitrogens with one attached hydrogen (secondary N) is 1. The smallest absolute Gasteiger partial charge is 0.220 e. The van der Waals surface area contributed by atoms with Crippen LogP contribution < -0.4 is 5.32 Å². The summed E-state index contributed by atoms with van der Waals surface area (Å²) in [7, 11) is 0. The second kappa shape index (κ2) is 8.80. The predicted octanol–water partition coefficient (Wildman–Crippen LogP) is 4.74. The minimum absolute atomic E-state index is 0.143. The number of hydrogen-bond donors (Lipinski definition) is 1.